The second-order valence-electron chi connectivity index (χ2n) is 4.61. The van der Waals surface area contributed by atoms with E-state index in [4.69, 9.17) is 0 Å². The lowest BCUT2D eigenvalue weighted by molar-refractivity contribution is 0.102. The number of nitrogens with one attached hydrogen (secondary N) is 1. The molecule has 0 aliphatic carbocycles. The number of hydrogen-bond donors (Lipinski definition) is 1. The summed E-state index contributed by atoms with van der Waals surface area (Å²) in [6, 6.07) is 5.78. The molecule has 100 valence electrons. The van der Waals surface area contributed by atoms with Gasteiger partial charge >= 0.3 is 0 Å². The second-order valence-corrected chi connectivity index (χ2v) is 6.28. The van der Waals surface area contributed by atoms with Crippen LogP contribution in [-0.4, -0.2) is 15.5 Å². The summed E-state index contributed by atoms with van der Waals surface area (Å²) in [4.78, 5) is 12.8. The molecule has 0 radical (unpaired) electrons. The maximum Gasteiger partial charge on any atom is 0.269 e. The van der Waals surface area contributed by atoms with Crippen LogP contribution in [0.4, 0.5) is 5.69 Å². The Morgan fingerprint density at radius 2 is 2.11 bits per heavy atom. The number of amides is 1. The van der Waals surface area contributed by atoms with Gasteiger partial charge in [-0.2, -0.15) is 0 Å². The molecule has 2 rings (SSSR count). The zero-order chi connectivity index (χ0) is 14.0. The highest BCUT2D eigenvalue weighted by molar-refractivity contribution is 9.10. The lowest BCUT2D eigenvalue weighted by Gasteiger charge is -2.07. The van der Waals surface area contributed by atoms with Crippen molar-refractivity contribution in [3.63, 3.8) is 0 Å². The van der Waals surface area contributed by atoms with E-state index in [1.54, 1.807) is 0 Å². The first-order valence-corrected chi connectivity index (χ1v) is 7.45. The molecule has 1 amide bonds. The van der Waals surface area contributed by atoms with Crippen molar-refractivity contribution in [2.45, 2.75) is 26.7 Å². The molecule has 19 heavy (non-hydrogen) atoms. The van der Waals surface area contributed by atoms with Crippen LogP contribution < -0.4 is 5.32 Å². The Hall–Kier alpha value is -1.27. The highest BCUT2D eigenvalue weighted by atomic mass is 79.9. The highest BCUT2D eigenvalue weighted by Gasteiger charge is 2.18. The van der Waals surface area contributed by atoms with Crippen molar-refractivity contribution in [2.24, 2.45) is 0 Å². The topological polar surface area (TPSA) is 54.9 Å². The van der Waals surface area contributed by atoms with E-state index in [2.05, 4.69) is 30.8 Å². The van der Waals surface area contributed by atoms with Gasteiger partial charge in [-0.25, -0.2) is 0 Å². The number of aromatic nitrogens is 2. The standard InChI is InChI=1S/C13H14BrN3OS/c1-7(2)11-12(19-17-16-11)13(18)15-10-5-8(3)4-9(14)6-10/h4-7H,1-3H3,(H,15,18). The fraction of sp³-hybridized carbons (Fsp3) is 0.308. The lowest BCUT2D eigenvalue weighted by atomic mass is 10.1. The molecule has 0 aliphatic heterocycles. The van der Waals surface area contributed by atoms with Crippen molar-refractivity contribution >= 4 is 39.1 Å². The summed E-state index contributed by atoms with van der Waals surface area (Å²) in [5, 5.41) is 6.89. The van der Waals surface area contributed by atoms with Crippen LogP contribution >= 0.6 is 27.5 Å². The molecule has 1 aromatic heterocycles. The molecule has 0 saturated heterocycles. The van der Waals surface area contributed by atoms with Gasteiger partial charge in [0.05, 0.1) is 5.69 Å². The van der Waals surface area contributed by atoms with Gasteiger partial charge in [0.25, 0.3) is 5.91 Å². The van der Waals surface area contributed by atoms with Gasteiger partial charge in [-0.1, -0.05) is 34.3 Å². The lowest BCUT2D eigenvalue weighted by Crippen LogP contribution is -2.13. The van der Waals surface area contributed by atoms with Crippen molar-refractivity contribution in [2.75, 3.05) is 5.32 Å². The molecular formula is C13H14BrN3OS. The van der Waals surface area contributed by atoms with Gasteiger partial charge in [0.15, 0.2) is 0 Å². The fourth-order valence-electron chi connectivity index (χ4n) is 1.73. The Kier molecular flexibility index (Phi) is 4.31. The zero-order valence-corrected chi connectivity index (χ0v) is 13.3. The number of benzene rings is 1. The molecule has 0 spiro atoms. The number of carbonyl (C=O) groups is 1. The predicted molar refractivity (Wildman–Crippen MR) is 80.8 cm³/mol. The minimum atomic E-state index is -0.156. The molecule has 1 N–H and O–H groups in total. The number of nitrogens with zero attached hydrogens (tertiary/aromatic N) is 2. The quantitative estimate of drug-likeness (QED) is 0.919. The Balaban J connectivity index is 2.23. The molecule has 0 atom stereocenters. The van der Waals surface area contributed by atoms with Crippen LogP contribution in [-0.2, 0) is 0 Å². The van der Waals surface area contributed by atoms with Gasteiger partial charge in [0, 0.05) is 10.2 Å². The van der Waals surface area contributed by atoms with Gasteiger partial charge in [-0.15, -0.1) is 5.10 Å². The first kappa shape index (κ1) is 14.1. The molecule has 0 bridgehead atoms. The normalized spacial score (nSPS) is 10.8. The van der Waals surface area contributed by atoms with Crippen molar-refractivity contribution in [1.82, 2.24) is 9.59 Å². The van der Waals surface area contributed by atoms with Gasteiger partial charge in [-0.05, 0) is 48.1 Å². The van der Waals surface area contributed by atoms with Gasteiger partial charge in [-0.3, -0.25) is 4.79 Å². The fourth-order valence-corrected chi connectivity index (χ4v) is 3.05. The number of halogens is 1. The summed E-state index contributed by atoms with van der Waals surface area (Å²) >= 11 is 4.54. The molecule has 0 saturated carbocycles. The van der Waals surface area contributed by atoms with E-state index in [1.807, 2.05) is 39.0 Å². The minimum absolute atomic E-state index is 0.156. The first-order chi connectivity index (χ1) is 8.97. The van der Waals surface area contributed by atoms with Crippen LogP contribution in [0, 0.1) is 6.92 Å². The van der Waals surface area contributed by atoms with Crippen molar-refractivity contribution in [1.29, 1.82) is 0 Å². The Bertz CT molecular complexity index is 589. The van der Waals surface area contributed by atoms with E-state index in [9.17, 15) is 4.79 Å². The van der Waals surface area contributed by atoms with Crippen LogP contribution in [0.5, 0.6) is 0 Å². The van der Waals surface area contributed by atoms with Crippen LogP contribution in [0.1, 0.15) is 40.7 Å². The SMILES string of the molecule is Cc1cc(Br)cc(NC(=O)c2snnc2C(C)C)c1. The zero-order valence-electron chi connectivity index (χ0n) is 10.9. The molecule has 0 fully saturated rings. The summed E-state index contributed by atoms with van der Waals surface area (Å²) in [7, 11) is 0. The Morgan fingerprint density at radius 1 is 1.37 bits per heavy atom. The largest absolute Gasteiger partial charge is 0.321 e. The minimum Gasteiger partial charge on any atom is -0.321 e. The van der Waals surface area contributed by atoms with E-state index in [-0.39, 0.29) is 11.8 Å². The summed E-state index contributed by atoms with van der Waals surface area (Å²) < 4.78 is 4.80. The van der Waals surface area contributed by atoms with Gasteiger partial charge < -0.3 is 5.32 Å². The number of rotatable bonds is 3. The molecule has 1 aromatic carbocycles. The van der Waals surface area contributed by atoms with Gasteiger partial charge in [0.2, 0.25) is 0 Å². The second kappa shape index (κ2) is 5.79. The average Bonchev–Trinajstić information content (AvgIpc) is 2.75. The maximum atomic E-state index is 12.2. The van der Waals surface area contributed by atoms with Crippen LogP contribution in [0.15, 0.2) is 22.7 Å². The predicted octanol–water partition coefficient (Wildman–Crippen LogP) is 3.98. The van der Waals surface area contributed by atoms with E-state index in [0.29, 0.717) is 4.88 Å². The van der Waals surface area contributed by atoms with E-state index in [1.165, 1.54) is 0 Å². The Morgan fingerprint density at radius 3 is 2.74 bits per heavy atom. The molecule has 0 aliphatic rings. The van der Waals surface area contributed by atoms with Gasteiger partial charge in [0.1, 0.15) is 4.88 Å². The molecular weight excluding hydrogens is 326 g/mol. The molecule has 4 nitrogen and oxygen atoms in total. The summed E-state index contributed by atoms with van der Waals surface area (Å²) in [5.41, 5.74) is 2.59. The van der Waals surface area contributed by atoms with E-state index >= 15 is 0 Å². The number of hydrogen-bond acceptors (Lipinski definition) is 4. The number of aryl methyl sites for hydroxylation is 1. The average molecular weight is 340 g/mol. The molecule has 1 heterocycles. The monoisotopic (exact) mass is 339 g/mol. The maximum absolute atomic E-state index is 12.2. The highest BCUT2D eigenvalue weighted by Crippen LogP contribution is 2.23. The summed E-state index contributed by atoms with van der Waals surface area (Å²) in [6.45, 7) is 5.97. The third-order valence-electron chi connectivity index (χ3n) is 2.57. The number of anilines is 1. The van der Waals surface area contributed by atoms with Crippen molar-refractivity contribution in [3.8, 4) is 0 Å². The van der Waals surface area contributed by atoms with Crippen LogP contribution in [0.3, 0.4) is 0 Å². The first-order valence-electron chi connectivity index (χ1n) is 5.88. The smallest absolute Gasteiger partial charge is 0.269 e. The van der Waals surface area contributed by atoms with Crippen molar-refractivity contribution < 1.29 is 4.79 Å². The van der Waals surface area contributed by atoms with Crippen molar-refractivity contribution in [3.05, 3.63) is 38.8 Å². The third kappa shape index (κ3) is 3.39. The molecule has 6 heteroatoms. The van der Waals surface area contributed by atoms with E-state index < -0.39 is 0 Å². The third-order valence-corrected chi connectivity index (χ3v) is 3.76. The van der Waals surface area contributed by atoms with Crippen LogP contribution in [0.25, 0.3) is 0 Å². The van der Waals surface area contributed by atoms with Crippen LogP contribution in [0.2, 0.25) is 0 Å². The van der Waals surface area contributed by atoms with E-state index in [0.717, 1.165) is 32.9 Å². The molecule has 0 unspecified atom stereocenters. The summed E-state index contributed by atoms with van der Waals surface area (Å²) in [5.74, 6) is 0.0277. The summed E-state index contributed by atoms with van der Waals surface area (Å²) in [6.07, 6.45) is 0. The Labute approximate surface area is 124 Å². The molecule has 2 aromatic rings. The number of carbonyl (C=O) groups excluding carboxylic acids is 1.